The van der Waals surface area contributed by atoms with Crippen molar-refractivity contribution in [2.24, 2.45) is 0 Å². The monoisotopic (exact) mass is 295 g/mol. The Kier molecular flexibility index (Phi) is 3.99. The minimum Gasteiger partial charge on any atom is -0.468 e. The van der Waals surface area contributed by atoms with Gasteiger partial charge in [0.05, 0.1) is 12.1 Å². The highest BCUT2D eigenvalue weighted by Gasteiger charge is 2.20. The van der Waals surface area contributed by atoms with Crippen LogP contribution >= 0.6 is 11.6 Å². The third-order valence-electron chi connectivity index (χ3n) is 2.96. The zero-order valence-electron chi connectivity index (χ0n) is 11.4. The molecule has 0 spiro atoms. The third kappa shape index (κ3) is 2.63. The standard InChI is InChI=1S/C14H14ClNO4/c1-7-4-9-8(2)12(20-13(9)10(15)5-7)14(18)16-6-11(17)19-3/h4-5H,6H2,1-3H3,(H,16,18). The fourth-order valence-electron chi connectivity index (χ4n) is 1.93. The molecule has 6 heteroatoms. The first-order valence-corrected chi connectivity index (χ1v) is 6.36. The van der Waals surface area contributed by atoms with Gasteiger partial charge >= 0.3 is 5.97 Å². The van der Waals surface area contributed by atoms with Crippen LogP contribution in [0.2, 0.25) is 5.02 Å². The lowest BCUT2D eigenvalue weighted by Gasteiger charge is -2.01. The van der Waals surface area contributed by atoms with Crippen molar-refractivity contribution in [2.45, 2.75) is 13.8 Å². The molecule has 0 atom stereocenters. The van der Waals surface area contributed by atoms with E-state index in [9.17, 15) is 9.59 Å². The lowest BCUT2D eigenvalue weighted by Crippen LogP contribution is -2.30. The summed E-state index contributed by atoms with van der Waals surface area (Å²) in [6.07, 6.45) is 0. The largest absolute Gasteiger partial charge is 0.468 e. The van der Waals surface area contributed by atoms with E-state index in [1.54, 1.807) is 13.0 Å². The second-order valence-corrected chi connectivity index (χ2v) is 4.85. The highest BCUT2D eigenvalue weighted by Crippen LogP contribution is 2.32. The molecule has 2 aromatic rings. The van der Waals surface area contributed by atoms with Gasteiger partial charge in [-0.05, 0) is 31.5 Å². The van der Waals surface area contributed by atoms with Crippen molar-refractivity contribution in [2.75, 3.05) is 13.7 Å². The topological polar surface area (TPSA) is 68.5 Å². The predicted molar refractivity (Wildman–Crippen MR) is 75.0 cm³/mol. The summed E-state index contributed by atoms with van der Waals surface area (Å²) in [5.74, 6) is -0.852. The van der Waals surface area contributed by atoms with E-state index in [1.807, 2.05) is 13.0 Å². The minimum absolute atomic E-state index is 0.149. The molecule has 1 aromatic carbocycles. The van der Waals surface area contributed by atoms with Gasteiger partial charge in [0.15, 0.2) is 11.3 Å². The SMILES string of the molecule is COC(=O)CNC(=O)c1oc2c(Cl)cc(C)cc2c1C. The second-order valence-electron chi connectivity index (χ2n) is 4.44. The van der Waals surface area contributed by atoms with Gasteiger partial charge < -0.3 is 14.5 Å². The molecule has 20 heavy (non-hydrogen) atoms. The maximum atomic E-state index is 12.0. The third-order valence-corrected chi connectivity index (χ3v) is 3.24. The molecule has 2 rings (SSSR count). The number of rotatable bonds is 3. The van der Waals surface area contributed by atoms with Gasteiger partial charge in [0.1, 0.15) is 6.54 Å². The second kappa shape index (κ2) is 5.54. The van der Waals surface area contributed by atoms with E-state index in [0.717, 1.165) is 10.9 Å². The number of ether oxygens (including phenoxy) is 1. The summed E-state index contributed by atoms with van der Waals surface area (Å²) in [5, 5.41) is 3.68. The summed E-state index contributed by atoms with van der Waals surface area (Å²) in [7, 11) is 1.25. The summed E-state index contributed by atoms with van der Waals surface area (Å²) < 4.78 is 9.97. The number of furan rings is 1. The first kappa shape index (κ1) is 14.4. The Morgan fingerprint density at radius 2 is 2.05 bits per heavy atom. The summed E-state index contributed by atoms with van der Waals surface area (Å²) >= 11 is 6.10. The summed E-state index contributed by atoms with van der Waals surface area (Å²) in [6.45, 7) is 3.47. The van der Waals surface area contributed by atoms with Crippen LogP contribution in [0.1, 0.15) is 21.7 Å². The first-order valence-electron chi connectivity index (χ1n) is 5.98. The number of benzene rings is 1. The number of hydrogen-bond acceptors (Lipinski definition) is 4. The minimum atomic E-state index is -0.527. The lowest BCUT2D eigenvalue weighted by atomic mass is 10.1. The highest BCUT2D eigenvalue weighted by atomic mass is 35.5. The number of esters is 1. The average molecular weight is 296 g/mol. The van der Waals surface area contributed by atoms with E-state index in [-0.39, 0.29) is 12.3 Å². The van der Waals surface area contributed by atoms with E-state index in [0.29, 0.717) is 16.2 Å². The molecule has 0 aliphatic rings. The molecule has 5 nitrogen and oxygen atoms in total. The van der Waals surface area contributed by atoms with Crippen molar-refractivity contribution in [3.63, 3.8) is 0 Å². The van der Waals surface area contributed by atoms with E-state index < -0.39 is 11.9 Å². The number of nitrogens with one attached hydrogen (secondary N) is 1. The van der Waals surface area contributed by atoms with Gasteiger partial charge in [-0.25, -0.2) is 0 Å². The van der Waals surface area contributed by atoms with E-state index >= 15 is 0 Å². The number of carbonyl (C=O) groups is 2. The molecule has 0 aliphatic carbocycles. The quantitative estimate of drug-likeness (QED) is 0.884. The number of amides is 1. The fourth-order valence-corrected chi connectivity index (χ4v) is 2.25. The molecule has 1 amide bonds. The molecular formula is C14H14ClNO4. The molecular weight excluding hydrogens is 282 g/mol. The van der Waals surface area contributed by atoms with Gasteiger partial charge in [-0.3, -0.25) is 9.59 Å². The summed E-state index contributed by atoms with van der Waals surface area (Å²) in [6, 6.07) is 3.67. The molecule has 1 heterocycles. The number of methoxy groups -OCH3 is 1. The van der Waals surface area contributed by atoms with Crippen LogP contribution in [0.4, 0.5) is 0 Å². The number of carbonyl (C=O) groups excluding carboxylic acids is 2. The molecule has 0 fully saturated rings. The highest BCUT2D eigenvalue weighted by molar-refractivity contribution is 6.35. The van der Waals surface area contributed by atoms with Gasteiger partial charge in [-0.1, -0.05) is 11.6 Å². The lowest BCUT2D eigenvalue weighted by molar-refractivity contribution is -0.139. The molecule has 1 aromatic heterocycles. The first-order chi connectivity index (χ1) is 9.43. The molecule has 0 saturated carbocycles. The van der Waals surface area contributed by atoms with Gasteiger partial charge in [-0.2, -0.15) is 0 Å². The Balaban J connectivity index is 2.35. The Labute approximate surface area is 120 Å². The van der Waals surface area contributed by atoms with Gasteiger partial charge in [0.25, 0.3) is 5.91 Å². The van der Waals surface area contributed by atoms with Gasteiger partial charge in [-0.15, -0.1) is 0 Å². The van der Waals surface area contributed by atoms with Crippen molar-refractivity contribution in [3.8, 4) is 0 Å². The molecule has 0 aliphatic heterocycles. The molecule has 0 bridgehead atoms. The van der Waals surface area contributed by atoms with Crippen molar-refractivity contribution >= 4 is 34.4 Å². The fraction of sp³-hybridized carbons (Fsp3) is 0.286. The van der Waals surface area contributed by atoms with Gasteiger partial charge in [0, 0.05) is 10.9 Å². The number of hydrogen-bond donors (Lipinski definition) is 1. The normalized spacial score (nSPS) is 10.6. The van der Waals surface area contributed by atoms with Crippen LogP contribution in [0.3, 0.4) is 0 Å². The van der Waals surface area contributed by atoms with Gasteiger partial charge in [0.2, 0.25) is 0 Å². The molecule has 0 saturated heterocycles. The van der Waals surface area contributed by atoms with Crippen molar-refractivity contribution in [1.82, 2.24) is 5.32 Å². The Morgan fingerprint density at radius 3 is 2.70 bits per heavy atom. The summed E-state index contributed by atoms with van der Waals surface area (Å²) in [4.78, 5) is 23.0. The summed E-state index contributed by atoms with van der Waals surface area (Å²) in [5.41, 5.74) is 2.14. The van der Waals surface area contributed by atoms with Crippen molar-refractivity contribution in [1.29, 1.82) is 0 Å². The van der Waals surface area contributed by atoms with E-state index in [2.05, 4.69) is 10.1 Å². The van der Waals surface area contributed by atoms with E-state index in [4.69, 9.17) is 16.0 Å². The molecule has 106 valence electrons. The van der Waals surface area contributed by atoms with E-state index in [1.165, 1.54) is 7.11 Å². The maximum absolute atomic E-state index is 12.0. The van der Waals surface area contributed by atoms with Crippen LogP contribution in [0.5, 0.6) is 0 Å². The van der Waals surface area contributed by atoms with Crippen LogP contribution in [0.15, 0.2) is 16.5 Å². The van der Waals surface area contributed by atoms with Crippen LogP contribution < -0.4 is 5.32 Å². The smallest absolute Gasteiger partial charge is 0.325 e. The Morgan fingerprint density at radius 1 is 1.35 bits per heavy atom. The molecule has 1 N–H and O–H groups in total. The Bertz CT molecular complexity index is 690. The number of aryl methyl sites for hydroxylation is 2. The number of fused-ring (bicyclic) bond motifs is 1. The predicted octanol–water partition coefficient (Wildman–Crippen LogP) is 2.61. The maximum Gasteiger partial charge on any atom is 0.325 e. The van der Waals surface area contributed by atoms with Crippen LogP contribution in [-0.2, 0) is 9.53 Å². The van der Waals surface area contributed by atoms with Crippen molar-refractivity contribution < 1.29 is 18.7 Å². The molecule has 0 unspecified atom stereocenters. The zero-order valence-corrected chi connectivity index (χ0v) is 12.1. The van der Waals surface area contributed by atoms with Crippen LogP contribution in [-0.4, -0.2) is 25.5 Å². The average Bonchev–Trinajstić information content (AvgIpc) is 2.74. The zero-order chi connectivity index (χ0) is 14.9. The Hall–Kier alpha value is -2.01. The van der Waals surface area contributed by atoms with Crippen LogP contribution in [0.25, 0.3) is 11.0 Å². The van der Waals surface area contributed by atoms with Crippen molar-refractivity contribution in [3.05, 3.63) is 34.0 Å². The number of halogens is 1. The van der Waals surface area contributed by atoms with Crippen LogP contribution in [0, 0.1) is 13.8 Å². The molecule has 0 radical (unpaired) electrons.